The van der Waals surface area contributed by atoms with Crippen LogP contribution in [0.2, 0.25) is 0 Å². The molecule has 0 aromatic heterocycles. The van der Waals surface area contributed by atoms with Gasteiger partial charge in [-0.05, 0) is 48.9 Å². The van der Waals surface area contributed by atoms with Crippen molar-refractivity contribution in [1.82, 2.24) is 10.6 Å². The van der Waals surface area contributed by atoms with Gasteiger partial charge in [0.1, 0.15) is 0 Å². The molecule has 0 spiro atoms. The highest BCUT2D eigenvalue weighted by Crippen LogP contribution is 2.39. The average Bonchev–Trinajstić information content (AvgIpc) is 2.49. The normalized spacial score (nSPS) is 22.5. The Morgan fingerprint density at radius 1 is 1.08 bits per heavy atom. The largest absolute Gasteiger partial charge is 0.354 e. The molecule has 1 saturated carbocycles. The fraction of sp³-hybridized carbons (Fsp3) is 0.889. The van der Waals surface area contributed by atoms with Crippen LogP contribution in [0.5, 0.6) is 0 Å². The minimum atomic E-state index is -0.560. The van der Waals surface area contributed by atoms with E-state index in [-0.39, 0.29) is 36.7 Å². The highest BCUT2D eigenvalue weighted by Gasteiger charge is 2.29. The Bertz CT molecular complexity index is 400. The Balaban J connectivity index is 0.00000529. The van der Waals surface area contributed by atoms with Crippen LogP contribution in [0.1, 0.15) is 60.3 Å². The van der Waals surface area contributed by atoms with E-state index in [1.807, 2.05) is 13.8 Å². The van der Waals surface area contributed by atoms with Gasteiger partial charge in [-0.3, -0.25) is 9.59 Å². The predicted octanol–water partition coefficient (Wildman–Crippen LogP) is 2.48. The molecule has 1 aliphatic rings. The molecule has 2 amide bonds. The van der Waals surface area contributed by atoms with Gasteiger partial charge in [0.25, 0.3) is 0 Å². The number of halogens is 1. The summed E-state index contributed by atoms with van der Waals surface area (Å²) in [5.74, 6) is 1.02. The van der Waals surface area contributed by atoms with Crippen LogP contribution in [-0.4, -0.2) is 30.9 Å². The van der Waals surface area contributed by atoms with E-state index in [1.165, 1.54) is 25.7 Å². The molecule has 1 fully saturated rings. The number of carbonyl (C=O) groups excluding carboxylic acids is 2. The number of hydrogen-bond acceptors (Lipinski definition) is 3. The lowest BCUT2D eigenvalue weighted by atomic mass is 9.70. The molecule has 142 valence electrons. The summed E-state index contributed by atoms with van der Waals surface area (Å²) in [6, 6.07) is -0.560. The molecule has 5 nitrogen and oxygen atoms in total. The molecule has 0 bridgehead atoms. The average molecular weight is 362 g/mol. The van der Waals surface area contributed by atoms with E-state index in [2.05, 4.69) is 31.4 Å². The van der Waals surface area contributed by atoms with Crippen LogP contribution in [0.15, 0.2) is 0 Å². The van der Waals surface area contributed by atoms with Crippen molar-refractivity contribution in [2.75, 3.05) is 13.1 Å². The monoisotopic (exact) mass is 361 g/mol. The molecule has 0 saturated heterocycles. The number of hydrogen-bond donors (Lipinski definition) is 3. The molecular formula is C18H36ClN3O2. The quantitative estimate of drug-likeness (QED) is 0.679. The molecule has 0 aromatic rings. The number of nitrogens with one attached hydrogen (secondary N) is 2. The van der Waals surface area contributed by atoms with Crippen molar-refractivity contribution in [2.45, 2.75) is 66.3 Å². The summed E-state index contributed by atoms with van der Waals surface area (Å²) in [5, 5.41) is 5.54. The highest BCUT2D eigenvalue weighted by atomic mass is 35.5. The highest BCUT2D eigenvalue weighted by molar-refractivity contribution is 5.87. The summed E-state index contributed by atoms with van der Waals surface area (Å²) in [7, 11) is 0. The van der Waals surface area contributed by atoms with Crippen molar-refractivity contribution >= 4 is 24.2 Å². The first kappa shape index (κ1) is 23.2. The third-order valence-corrected chi connectivity index (χ3v) is 5.10. The van der Waals surface area contributed by atoms with Crippen LogP contribution in [0.4, 0.5) is 0 Å². The smallest absolute Gasteiger partial charge is 0.239 e. The zero-order chi connectivity index (χ0) is 17.6. The molecule has 0 radical (unpaired) electrons. The van der Waals surface area contributed by atoms with E-state index in [0.29, 0.717) is 17.9 Å². The Morgan fingerprint density at radius 2 is 1.62 bits per heavy atom. The molecule has 4 N–H and O–H groups in total. The van der Waals surface area contributed by atoms with E-state index >= 15 is 0 Å². The first-order valence-electron chi connectivity index (χ1n) is 8.91. The van der Waals surface area contributed by atoms with Crippen molar-refractivity contribution in [2.24, 2.45) is 28.9 Å². The van der Waals surface area contributed by atoms with Gasteiger partial charge in [-0.25, -0.2) is 0 Å². The number of rotatable bonds is 6. The fourth-order valence-electron chi connectivity index (χ4n) is 3.14. The molecular weight excluding hydrogens is 326 g/mol. The van der Waals surface area contributed by atoms with Crippen LogP contribution in [0, 0.1) is 23.2 Å². The minimum Gasteiger partial charge on any atom is -0.354 e. The summed E-state index contributed by atoms with van der Waals surface area (Å²) < 4.78 is 0. The van der Waals surface area contributed by atoms with Crippen molar-refractivity contribution in [3.8, 4) is 0 Å². The zero-order valence-corrected chi connectivity index (χ0v) is 16.7. The third-order valence-electron chi connectivity index (χ3n) is 5.10. The van der Waals surface area contributed by atoms with E-state index in [4.69, 9.17) is 5.73 Å². The van der Waals surface area contributed by atoms with Crippen molar-refractivity contribution in [1.29, 1.82) is 0 Å². The SMILES string of the molecule is CC(C)[C@H](N)C(=O)NCC(=O)NCC1CCC(C(C)(C)C)CC1.Cl. The summed E-state index contributed by atoms with van der Waals surface area (Å²) in [5.41, 5.74) is 6.12. The Hall–Kier alpha value is -0.810. The molecule has 0 unspecified atom stereocenters. The Labute approximate surface area is 153 Å². The maximum absolute atomic E-state index is 11.8. The minimum absolute atomic E-state index is 0. The van der Waals surface area contributed by atoms with E-state index in [1.54, 1.807) is 0 Å². The van der Waals surface area contributed by atoms with Gasteiger partial charge < -0.3 is 16.4 Å². The Morgan fingerprint density at radius 3 is 2.08 bits per heavy atom. The summed E-state index contributed by atoms with van der Waals surface area (Å²) in [6.45, 7) is 11.4. The summed E-state index contributed by atoms with van der Waals surface area (Å²) in [4.78, 5) is 23.5. The second-order valence-electron chi connectivity index (χ2n) is 8.38. The van der Waals surface area contributed by atoms with Crippen molar-refractivity contribution in [3.05, 3.63) is 0 Å². The molecule has 0 heterocycles. The topological polar surface area (TPSA) is 84.2 Å². The first-order chi connectivity index (χ1) is 10.6. The van der Waals surface area contributed by atoms with Gasteiger partial charge in [0.2, 0.25) is 11.8 Å². The maximum atomic E-state index is 11.8. The van der Waals surface area contributed by atoms with Crippen LogP contribution in [-0.2, 0) is 9.59 Å². The summed E-state index contributed by atoms with van der Waals surface area (Å²) >= 11 is 0. The Kier molecular flexibility index (Phi) is 9.90. The molecule has 0 aromatic carbocycles. The lowest BCUT2D eigenvalue weighted by Gasteiger charge is -2.37. The van der Waals surface area contributed by atoms with Gasteiger partial charge >= 0.3 is 0 Å². The number of amides is 2. The summed E-state index contributed by atoms with van der Waals surface area (Å²) in [6.07, 6.45) is 4.83. The van der Waals surface area contributed by atoms with Gasteiger partial charge in [0, 0.05) is 6.54 Å². The van der Waals surface area contributed by atoms with Crippen LogP contribution in [0.25, 0.3) is 0 Å². The standard InChI is InChI=1S/C18H35N3O2.ClH/c1-12(2)16(19)17(23)21-11-15(22)20-10-13-6-8-14(9-7-13)18(3,4)5;/h12-14,16H,6-11,19H2,1-5H3,(H,20,22)(H,21,23);1H/t13?,14?,16-;/m0./s1. The second-order valence-corrected chi connectivity index (χ2v) is 8.38. The van der Waals surface area contributed by atoms with E-state index in [0.717, 1.165) is 5.92 Å². The zero-order valence-electron chi connectivity index (χ0n) is 15.9. The number of carbonyl (C=O) groups is 2. The van der Waals surface area contributed by atoms with Gasteiger partial charge in [0.05, 0.1) is 12.6 Å². The molecule has 1 aliphatic carbocycles. The first-order valence-corrected chi connectivity index (χ1v) is 8.91. The lowest BCUT2D eigenvalue weighted by molar-refractivity contribution is -0.127. The second kappa shape index (κ2) is 10.2. The maximum Gasteiger partial charge on any atom is 0.239 e. The fourth-order valence-corrected chi connectivity index (χ4v) is 3.14. The molecule has 6 heteroatoms. The van der Waals surface area contributed by atoms with Crippen LogP contribution in [0.3, 0.4) is 0 Å². The predicted molar refractivity (Wildman–Crippen MR) is 101 cm³/mol. The molecule has 1 atom stereocenters. The molecule has 24 heavy (non-hydrogen) atoms. The van der Waals surface area contributed by atoms with Crippen LogP contribution >= 0.6 is 12.4 Å². The van der Waals surface area contributed by atoms with Gasteiger partial charge in [-0.1, -0.05) is 34.6 Å². The van der Waals surface area contributed by atoms with Gasteiger partial charge in [0.15, 0.2) is 0 Å². The molecule has 0 aliphatic heterocycles. The van der Waals surface area contributed by atoms with Gasteiger partial charge in [-0.15, -0.1) is 12.4 Å². The lowest BCUT2D eigenvalue weighted by Crippen LogP contribution is -2.47. The third kappa shape index (κ3) is 7.84. The molecule has 1 rings (SSSR count). The van der Waals surface area contributed by atoms with Crippen molar-refractivity contribution < 1.29 is 9.59 Å². The number of nitrogens with two attached hydrogens (primary N) is 1. The van der Waals surface area contributed by atoms with Crippen LogP contribution < -0.4 is 16.4 Å². The van der Waals surface area contributed by atoms with E-state index < -0.39 is 6.04 Å². The van der Waals surface area contributed by atoms with E-state index in [9.17, 15) is 9.59 Å². The van der Waals surface area contributed by atoms with Crippen molar-refractivity contribution in [3.63, 3.8) is 0 Å². The van der Waals surface area contributed by atoms with Gasteiger partial charge in [-0.2, -0.15) is 0 Å².